The lowest BCUT2D eigenvalue weighted by atomic mass is 9.69. The number of allylic oxidation sites excluding steroid dienone is 3. The standard InChI is InChI=1S/C25H33NO2/c1-18-16-25(22(27)28-23(2,3)4,21-17-24(21)12-14-26-15-13-24)11-10-20(18)19-8-6-5-7-9-19/h5-11,21,26H,12-17H2,1-4H3. The highest BCUT2D eigenvalue weighted by Gasteiger charge is 2.65. The van der Waals surface area contributed by atoms with Crippen molar-refractivity contribution < 1.29 is 9.53 Å². The molecule has 1 aliphatic heterocycles. The maximum absolute atomic E-state index is 13.5. The summed E-state index contributed by atoms with van der Waals surface area (Å²) in [5.41, 5.74) is 3.09. The molecule has 28 heavy (non-hydrogen) atoms. The Morgan fingerprint density at radius 2 is 1.82 bits per heavy atom. The third-order valence-electron chi connectivity index (χ3n) is 6.84. The van der Waals surface area contributed by atoms with Crippen LogP contribution in [0.3, 0.4) is 0 Å². The second-order valence-electron chi connectivity index (χ2n) is 9.98. The fourth-order valence-corrected chi connectivity index (χ4v) is 5.38. The lowest BCUT2D eigenvalue weighted by Gasteiger charge is -2.38. The second kappa shape index (κ2) is 6.88. The first kappa shape index (κ1) is 19.4. The van der Waals surface area contributed by atoms with E-state index in [1.165, 1.54) is 29.6 Å². The van der Waals surface area contributed by atoms with Crippen molar-refractivity contribution in [3.63, 3.8) is 0 Å². The first-order chi connectivity index (χ1) is 13.3. The molecule has 0 radical (unpaired) electrons. The van der Waals surface area contributed by atoms with Gasteiger partial charge in [0.05, 0.1) is 5.41 Å². The van der Waals surface area contributed by atoms with Gasteiger partial charge in [-0.1, -0.05) is 48.1 Å². The summed E-state index contributed by atoms with van der Waals surface area (Å²) in [5, 5.41) is 3.48. The van der Waals surface area contributed by atoms with Crippen molar-refractivity contribution in [2.75, 3.05) is 13.1 Å². The van der Waals surface area contributed by atoms with E-state index in [9.17, 15) is 4.79 Å². The van der Waals surface area contributed by atoms with Crippen molar-refractivity contribution in [1.82, 2.24) is 5.32 Å². The molecule has 3 nitrogen and oxygen atoms in total. The molecule has 1 aromatic rings. The molecule has 0 bridgehead atoms. The van der Waals surface area contributed by atoms with E-state index in [-0.39, 0.29) is 5.97 Å². The molecule has 2 atom stereocenters. The highest BCUT2D eigenvalue weighted by atomic mass is 16.6. The summed E-state index contributed by atoms with van der Waals surface area (Å²) in [6.45, 7) is 10.2. The summed E-state index contributed by atoms with van der Waals surface area (Å²) in [7, 11) is 0. The molecule has 2 unspecified atom stereocenters. The highest BCUT2D eigenvalue weighted by molar-refractivity contribution is 5.87. The van der Waals surface area contributed by atoms with Crippen LogP contribution in [0, 0.1) is 16.7 Å². The maximum atomic E-state index is 13.5. The van der Waals surface area contributed by atoms with Crippen molar-refractivity contribution in [3.8, 4) is 0 Å². The Morgan fingerprint density at radius 1 is 1.14 bits per heavy atom. The van der Waals surface area contributed by atoms with Gasteiger partial charge in [0.2, 0.25) is 0 Å². The first-order valence-electron chi connectivity index (χ1n) is 10.6. The number of rotatable bonds is 3. The predicted molar refractivity (Wildman–Crippen MR) is 114 cm³/mol. The minimum Gasteiger partial charge on any atom is -0.459 e. The van der Waals surface area contributed by atoms with Gasteiger partial charge in [0, 0.05) is 0 Å². The Balaban J connectivity index is 1.67. The van der Waals surface area contributed by atoms with Gasteiger partial charge in [0.1, 0.15) is 5.60 Å². The number of carbonyl (C=O) groups excluding carboxylic acids is 1. The summed E-state index contributed by atoms with van der Waals surface area (Å²) in [6.07, 6.45) is 8.63. The van der Waals surface area contributed by atoms with Gasteiger partial charge in [-0.3, -0.25) is 4.79 Å². The predicted octanol–water partition coefficient (Wildman–Crippen LogP) is 5.14. The number of benzene rings is 1. The Morgan fingerprint density at radius 3 is 2.43 bits per heavy atom. The Labute approximate surface area is 169 Å². The molecule has 1 saturated carbocycles. The average molecular weight is 380 g/mol. The van der Waals surface area contributed by atoms with E-state index in [1.54, 1.807) is 0 Å². The molecule has 1 N–H and O–H groups in total. The molecular formula is C25H33NO2. The van der Waals surface area contributed by atoms with Crippen LogP contribution in [-0.2, 0) is 9.53 Å². The van der Waals surface area contributed by atoms with Gasteiger partial charge in [-0.05, 0) is 88.9 Å². The van der Waals surface area contributed by atoms with Gasteiger partial charge in [-0.25, -0.2) is 0 Å². The lowest BCUT2D eigenvalue weighted by molar-refractivity contribution is -0.166. The van der Waals surface area contributed by atoms with Crippen molar-refractivity contribution in [1.29, 1.82) is 0 Å². The molecule has 150 valence electrons. The Kier molecular flexibility index (Phi) is 4.78. The van der Waals surface area contributed by atoms with Gasteiger partial charge in [-0.2, -0.15) is 0 Å². The van der Waals surface area contributed by atoms with E-state index in [1.807, 2.05) is 26.8 Å². The topological polar surface area (TPSA) is 38.3 Å². The molecule has 1 saturated heterocycles. The molecule has 1 spiro atoms. The van der Waals surface area contributed by atoms with Crippen molar-refractivity contribution in [2.45, 2.75) is 59.0 Å². The number of ether oxygens (including phenoxy) is 1. The van der Waals surface area contributed by atoms with Crippen LogP contribution in [0.1, 0.15) is 58.9 Å². The van der Waals surface area contributed by atoms with Gasteiger partial charge in [0.15, 0.2) is 0 Å². The minimum absolute atomic E-state index is 0.0388. The Hall–Kier alpha value is -1.87. The van der Waals surface area contributed by atoms with E-state index >= 15 is 0 Å². The molecule has 1 heterocycles. The minimum atomic E-state index is -0.521. The van der Waals surface area contributed by atoms with Crippen molar-refractivity contribution in [2.24, 2.45) is 16.7 Å². The molecule has 2 fully saturated rings. The summed E-state index contributed by atoms with van der Waals surface area (Å²) in [6, 6.07) is 10.5. The Bertz CT molecular complexity index is 809. The van der Waals surface area contributed by atoms with E-state index in [0.29, 0.717) is 11.3 Å². The zero-order valence-electron chi connectivity index (χ0n) is 17.7. The van der Waals surface area contributed by atoms with E-state index in [2.05, 4.69) is 48.7 Å². The van der Waals surface area contributed by atoms with Crippen LogP contribution < -0.4 is 5.32 Å². The maximum Gasteiger partial charge on any atom is 0.317 e. The summed E-state index contributed by atoms with van der Waals surface area (Å²) >= 11 is 0. The number of piperidine rings is 1. The SMILES string of the molecule is CC1=C(c2ccccc2)C=CC(C(=O)OC(C)(C)C)(C2CC23CCNCC3)C1. The second-order valence-corrected chi connectivity index (χ2v) is 9.98. The fourth-order valence-electron chi connectivity index (χ4n) is 5.38. The number of nitrogens with one attached hydrogen (secondary N) is 1. The fraction of sp³-hybridized carbons (Fsp3) is 0.560. The molecule has 3 heteroatoms. The van der Waals surface area contributed by atoms with E-state index in [4.69, 9.17) is 4.74 Å². The molecule has 1 aromatic carbocycles. The van der Waals surface area contributed by atoms with Gasteiger partial charge in [0.25, 0.3) is 0 Å². The lowest BCUT2D eigenvalue weighted by Crippen LogP contribution is -2.42. The number of hydrogen-bond donors (Lipinski definition) is 1. The highest BCUT2D eigenvalue weighted by Crippen LogP contribution is 2.68. The molecule has 0 amide bonds. The van der Waals surface area contributed by atoms with Gasteiger partial charge in [-0.15, -0.1) is 0 Å². The van der Waals surface area contributed by atoms with Crippen LogP contribution >= 0.6 is 0 Å². The normalized spacial score (nSPS) is 29.1. The van der Waals surface area contributed by atoms with Crippen LogP contribution in [0.15, 0.2) is 48.1 Å². The van der Waals surface area contributed by atoms with E-state index < -0.39 is 11.0 Å². The third-order valence-corrected chi connectivity index (χ3v) is 6.84. The van der Waals surface area contributed by atoms with Crippen LogP contribution in [0.25, 0.3) is 5.57 Å². The number of hydrogen-bond acceptors (Lipinski definition) is 3. The zero-order valence-corrected chi connectivity index (χ0v) is 17.7. The summed E-state index contributed by atoms with van der Waals surface area (Å²) < 4.78 is 5.98. The van der Waals surface area contributed by atoms with E-state index in [0.717, 1.165) is 25.9 Å². The van der Waals surface area contributed by atoms with Gasteiger partial charge >= 0.3 is 5.97 Å². The van der Waals surface area contributed by atoms with Crippen molar-refractivity contribution >= 4 is 11.5 Å². The molecule has 0 aromatic heterocycles. The smallest absolute Gasteiger partial charge is 0.317 e. The monoisotopic (exact) mass is 379 g/mol. The number of carbonyl (C=O) groups is 1. The molecule has 3 aliphatic rings. The van der Waals surface area contributed by atoms with Crippen LogP contribution in [-0.4, -0.2) is 24.7 Å². The summed E-state index contributed by atoms with van der Waals surface area (Å²) in [5.74, 6) is 0.351. The third kappa shape index (κ3) is 3.45. The first-order valence-corrected chi connectivity index (χ1v) is 10.6. The molecule has 4 rings (SSSR count). The van der Waals surface area contributed by atoms with Crippen LogP contribution in [0.5, 0.6) is 0 Å². The zero-order chi connectivity index (χ0) is 20.0. The van der Waals surface area contributed by atoms with Gasteiger partial charge < -0.3 is 10.1 Å². The molecule has 2 aliphatic carbocycles. The largest absolute Gasteiger partial charge is 0.459 e. The average Bonchev–Trinajstić information content (AvgIpc) is 3.34. The number of esters is 1. The van der Waals surface area contributed by atoms with Crippen LogP contribution in [0.2, 0.25) is 0 Å². The molecular weight excluding hydrogens is 346 g/mol. The summed E-state index contributed by atoms with van der Waals surface area (Å²) in [4.78, 5) is 13.5. The van der Waals surface area contributed by atoms with Crippen LogP contribution in [0.4, 0.5) is 0 Å². The van der Waals surface area contributed by atoms with Crippen molar-refractivity contribution in [3.05, 3.63) is 53.6 Å². The quantitative estimate of drug-likeness (QED) is 0.739.